The number of carbonyl (C=O) groups is 2. The quantitative estimate of drug-likeness (QED) is 0.0918. The van der Waals surface area contributed by atoms with Crippen LogP contribution in [0.2, 0.25) is 0 Å². The standard InChI is InChI=1S/C8H7N3O6.K.H/c9-10-7(12)17-8(13)16-6-3-1-5(2-4-6)11(14)15;;/h1-4H,9H2,(H,10,12);;/q;+1;-1. The minimum atomic E-state index is -1.30. The third kappa shape index (κ3) is 5.53. The average molecular weight is 281 g/mol. The van der Waals surface area contributed by atoms with Crippen LogP contribution in [0.3, 0.4) is 0 Å². The largest absolute Gasteiger partial charge is 1.00 e. The number of hydrazine groups is 1. The summed E-state index contributed by atoms with van der Waals surface area (Å²) >= 11 is 0. The third-order valence-corrected chi connectivity index (χ3v) is 1.54. The molecular formula is C8H8KN3O6. The van der Waals surface area contributed by atoms with Gasteiger partial charge in [0.15, 0.2) is 0 Å². The SMILES string of the molecule is NNC(=O)OC(=O)Oc1ccc([N+](=O)[O-])cc1.[H-].[K+]. The molecule has 92 valence electrons. The molecule has 0 atom stereocenters. The molecule has 0 fully saturated rings. The fourth-order valence-electron chi connectivity index (χ4n) is 0.858. The van der Waals surface area contributed by atoms with Gasteiger partial charge in [0.1, 0.15) is 5.75 Å². The predicted molar refractivity (Wildman–Crippen MR) is 54.0 cm³/mol. The smallest absolute Gasteiger partial charge is 1.00 e. The van der Waals surface area contributed by atoms with Crippen LogP contribution < -0.4 is 67.4 Å². The van der Waals surface area contributed by atoms with Crippen molar-refractivity contribution in [3.8, 4) is 5.75 Å². The van der Waals surface area contributed by atoms with Crippen LogP contribution in [0.5, 0.6) is 5.75 Å². The van der Waals surface area contributed by atoms with E-state index in [2.05, 4.69) is 15.3 Å². The number of nitrogens with two attached hydrogens (primary N) is 1. The van der Waals surface area contributed by atoms with Gasteiger partial charge in [0.2, 0.25) is 0 Å². The second-order valence-electron chi connectivity index (χ2n) is 2.64. The van der Waals surface area contributed by atoms with E-state index < -0.39 is 17.2 Å². The molecule has 0 heterocycles. The number of hydrogen-bond acceptors (Lipinski definition) is 7. The molecule has 0 unspecified atom stereocenters. The van der Waals surface area contributed by atoms with Gasteiger partial charge in [0.05, 0.1) is 4.92 Å². The minimum absolute atomic E-state index is 0. The van der Waals surface area contributed by atoms with Gasteiger partial charge in [-0.15, -0.1) is 0 Å². The molecule has 3 N–H and O–H groups in total. The van der Waals surface area contributed by atoms with Crippen LogP contribution in [-0.4, -0.2) is 17.2 Å². The number of benzene rings is 1. The number of nitro benzene ring substituents is 1. The van der Waals surface area contributed by atoms with Crippen LogP contribution in [0.1, 0.15) is 1.43 Å². The number of nitro groups is 1. The van der Waals surface area contributed by atoms with Crippen molar-refractivity contribution in [1.82, 2.24) is 5.43 Å². The molecule has 1 amide bonds. The number of hydrogen-bond donors (Lipinski definition) is 2. The van der Waals surface area contributed by atoms with Gasteiger partial charge in [-0.2, -0.15) is 0 Å². The van der Waals surface area contributed by atoms with E-state index in [-0.39, 0.29) is 64.2 Å². The minimum Gasteiger partial charge on any atom is -1.00 e. The summed E-state index contributed by atoms with van der Waals surface area (Å²) in [5.41, 5.74) is 1.39. The molecule has 1 aromatic carbocycles. The number of rotatable bonds is 2. The molecule has 0 aliphatic rings. The second-order valence-corrected chi connectivity index (χ2v) is 2.64. The van der Waals surface area contributed by atoms with Gasteiger partial charge in [-0.05, 0) is 12.1 Å². The molecule has 9 nitrogen and oxygen atoms in total. The van der Waals surface area contributed by atoms with Crippen LogP contribution in [0.4, 0.5) is 15.3 Å². The van der Waals surface area contributed by atoms with Gasteiger partial charge in [0, 0.05) is 12.1 Å². The number of nitrogens with one attached hydrogen (secondary N) is 1. The Kier molecular flexibility index (Phi) is 7.66. The summed E-state index contributed by atoms with van der Waals surface area (Å²) in [5.74, 6) is 4.65. The summed E-state index contributed by atoms with van der Waals surface area (Å²) in [6, 6.07) is 4.62. The summed E-state index contributed by atoms with van der Waals surface area (Å²) in [4.78, 5) is 31.1. The summed E-state index contributed by atoms with van der Waals surface area (Å²) in [7, 11) is 0. The molecule has 0 aliphatic heterocycles. The van der Waals surface area contributed by atoms with Crippen molar-refractivity contribution in [2.45, 2.75) is 0 Å². The van der Waals surface area contributed by atoms with Gasteiger partial charge in [-0.25, -0.2) is 15.4 Å². The second kappa shape index (κ2) is 8.13. The molecule has 10 heteroatoms. The van der Waals surface area contributed by atoms with E-state index in [1.165, 1.54) is 12.1 Å². The Labute approximate surface area is 145 Å². The topological polar surface area (TPSA) is 134 Å². The number of amides is 1. The van der Waals surface area contributed by atoms with Crippen molar-refractivity contribution in [2.24, 2.45) is 5.84 Å². The van der Waals surface area contributed by atoms with Gasteiger partial charge in [0.25, 0.3) is 5.69 Å². The molecule has 0 spiro atoms. The molecule has 1 aromatic rings. The number of non-ortho nitro benzene ring substituents is 1. The number of carbonyl (C=O) groups excluding carboxylic acids is 2. The van der Waals surface area contributed by atoms with Crippen LogP contribution in [0, 0.1) is 10.1 Å². The van der Waals surface area contributed by atoms with E-state index in [9.17, 15) is 19.7 Å². The van der Waals surface area contributed by atoms with E-state index >= 15 is 0 Å². The van der Waals surface area contributed by atoms with E-state index in [1.807, 2.05) is 0 Å². The van der Waals surface area contributed by atoms with Gasteiger partial charge in [-0.3, -0.25) is 15.5 Å². The van der Waals surface area contributed by atoms with E-state index in [4.69, 9.17) is 0 Å². The average Bonchev–Trinajstić information content (AvgIpc) is 2.29. The molecule has 0 saturated heterocycles. The molecule has 18 heavy (non-hydrogen) atoms. The number of nitrogens with zero attached hydrogens (tertiary/aromatic N) is 1. The molecule has 0 saturated carbocycles. The summed E-state index contributed by atoms with van der Waals surface area (Å²) in [5, 5.41) is 10.3. The van der Waals surface area contributed by atoms with E-state index in [1.54, 1.807) is 5.43 Å². The fourth-order valence-corrected chi connectivity index (χ4v) is 0.858. The Morgan fingerprint density at radius 3 is 2.33 bits per heavy atom. The van der Waals surface area contributed by atoms with Crippen molar-refractivity contribution in [3.05, 3.63) is 34.4 Å². The van der Waals surface area contributed by atoms with Crippen LogP contribution in [0.15, 0.2) is 24.3 Å². The maximum absolute atomic E-state index is 10.9. The third-order valence-electron chi connectivity index (χ3n) is 1.54. The first-order valence-corrected chi connectivity index (χ1v) is 4.17. The van der Waals surface area contributed by atoms with Crippen molar-refractivity contribution in [3.63, 3.8) is 0 Å². The van der Waals surface area contributed by atoms with Crippen molar-refractivity contribution >= 4 is 17.9 Å². The molecule has 0 radical (unpaired) electrons. The van der Waals surface area contributed by atoms with Crippen LogP contribution in [-0.2, 0) is 4.74 Å². The van der Waals surface area contributed by atoms with E-state index in [0.29, 0.717) is 0 Å². The molecule has 0 aromatic heterocycles. The van der Waals surface area contributed by atoms with Crippen LogP contribution >= 0.6 is 0 Å². The molecule has 1 rings (SSSR count). The molecular weight excluding hydrogens is 273 g/mol. The maximum atomic E-state index is 10.9. The summed E-state index contributed by atoms with van der Waals surface area (Å²) in [6.45, 7) is 0. The molecule has 0 aliphatic carbocycles. The zero-order valence-electron chi connectivity index (χ0n) is 10.3. The first-order valence-electron chi connectivity index (χ1n) is 4.17. The van der Waals surface area contributed by atoms with Gasteiger partial charge >= 0.3 is 63.6 Å². The Balaban J connectivity index is 0. The van der Waals surface area contributed by atoms with Gasteiger partial charge in [-0.1, -0.05) is 0 Å². The first-order chi connectivity index (χ1) is 8.02. The zero-order chi connectivity index (χ0) is 12.8. The van der Waals surface area contributed by atoms with Crippen molar-refractivity contribution in [1.29, 1.82) is 0 Å². The van der Waals surface area contributed by atoms with Crippen molar-refractivity contribution in [2.75, 3.05) is 0 Å². The Bertz CT molecular complexity index is 454. The van der Waals surface area contributed by atoms with Crippen LogP contribution in [0.25, 0.3) is 0 Å². The number of ether oxygens (including phenoxy) is 2. The normalized spacial score (nSPS) is 8.72. The van der Waals surface area contributed by atoms with Gasteiger partial charge < -0.3 is 10.9 Å². The summed E-state index contributed by atoms with van der Waals surface area (Å²) < 4.78 is 8.53. The predicted octanol–water partition coefficient (Wildman–Crippen LogP) is -2.19. The maximum Gasteiger partial charge on any atom is 1.00 e. The van der Waals surface area contributed by atoms with E-state index in [0.717, 1.165) is 12.1 Å². The first kappa shape index (κ1) is 17.0. The Morgan fingerprint density at radius 2 is 1.89 bits per heavy atom. The fraction of sp³-hybridized carbons (Fsp3) is 0. The Hall–Kier alpha value is -1.04. The summed E-state index contributed by atoms with van der Waals surface area (Å²) in [6.07, 6.45) is -2.49. The monoisotopic (exact) mass is 281 g/mol. The zero-order valence-corrected chi connectivity index (χ0v) is 12.4. The van der Waals surface area contributed by atoms with Crippen molar-refractivity contribution < 1.29 is 76.8 Å². The Morgan fingerprint density at radius 1 is 1.33 bits per heavy atom. The molecule has 0 bridgehead atoms.